The third-order valence-electron chi connectivity index (χ3n) is 5.40. The smallest absolute Gasteiger partial charge is 0.407 e. The molecule has 162 valence electrons. The quantitative estimate of drug-likeness (QED) is 0.392. The normalized spacial score (nSPS) is 12.4. The second-order valence-electron chi connectivity index (χ2n) is 7.52. The molecule has 4 rings (SSSR count). The number of aromatic carboxylic acids is 1. The Balaban J connectivity index is 1.28. The lowest BCUT2D eigenvalue weighted by atomic mass is 9.98. The molecule has 1 amide bonds. The van der Waals surface area contributed by atoms with Crippen molar-refractivity contribution in [3.05, 3.63) is 99.5 Å². The van der Waals surface area contributed by atoms with E-state index in [1.165, 1.54) is 22.3 Å². The molecule has 0 spiro atoms. The van der Waals surface area contributed by atoms with E-state index in [1.807, 2.05) is 42.5 Å². The van der Waals surface area contributed by atoms with E-state index < -0.39 is 12.1 Å². The number of alkyl carbamates (subject to hydrolysis) is 1. The molecule has 0 radical (unpaired) electrons. The molecule has 1 aliphatic rings. The first-order valence-corrected chi connectivity index (χ1v) is 11.1. The highest BCUT2D eigenvalue weighted by molar-refractivity contribution is 9.10. The fourth-order valence-electron chi connectivity index (χ4n) is 3.96. The highest BCUT2D eigenvalue weighted by atomic mass is 79.9. The average Bonchev–Trinajstić information content (AvgIpc) is 3.11. The summed E-state index contributed by atoms with van der Waals surface area (Å²) in [4.78, 5) is 23.3. The molecule has 3 aromatic carbocycles. The van der Waals surface area contributed by atoms with E-state index >= 15 is 0 Å². The van der Waals surface area contributed by atoms with Gasteiger partial charge in [-0.15, -0.1) is 0 Å². The minimum Gasteiger partial charge on any atom is -0.478 e. The third kappa shape index (κ3) is 4.92. The maximum Gasteiger partial charge on any atom is 0.407 e. The average molecular weight is 492 g/mol. The summed E-state index contributed by atoms with van der Waals surface area (Å²) in [5.74, 6) is -0.939. The molecular weight excluding hydrogens is 470 g/mol. The number of hydrogen-bond acceptors (Lipinski definition) is 3. The molecule has 0 atom stereocenters. The summed E-state index contributed by atoms with van der Waals surface area (Å²) in [6.07, 6.45) is 3.86. The molecule has 1 aliphatic carbocycles. The summed E-state index contributed by atoms with van der Waals surface area (Å²) in [6.45, 7) is 0.707. The van der Waals surface area contributed by atoms with Crippen molar-refractivity contribution in [3.63, 3.8) is 0 Å². The lowest BCUT2D eigenvalue weighted by Crippen LogP contribution is -2.26. The van der Waals surface area contributed by atoms with Gasteiger partial charge in [0.25, 0.3) is 0 Å². The summed E-state index contributed by atoms with van der Waals surface area (Å²) < 4.78 is 6.22. The van der Waals surface area contributed by atoms with E-state index in [2.05, 4.69) is 45.5 Å². The molecule has 0 unspecified atom stereocenters. The zero-order chi connectivity index (χ0) is 22.5. The second kappa shape index (κ2) is 9.83. The molecule has 0 aromatic heterocycles. The number of fused-ring (bicyclic) bond motifs is 3. The first kappa shape index (κ1) is 21.8. The van der Waals surface area contributed by atoms with Crippen molar-refractivity contribution in [2.75, 3.05) is 13.2 Å². The van der Waals surface area contributed by atoms with Crippen LogP contribution in [-0.4, -0.2) is 30.3 Å². The number of carboxylic acids is 1. The minimum atomic E-state index is -0.974. The molecule has 0 saturated carbocycles. The van der Waals surface area contributed by atoms with Gasteiger partial charge in [-0.2, -0.15) is 0 Å². The van der Waals surface area contributed by atoms with Crippen LogP contribution in [0.25, 0.3) is 17.2 Å². The van der Waals surface area contributed by atoms with Gasteiger partial charge in [0.1, 0.15) is 6.61 Å². The van der Waals surface area contributed by atoms with Gasteiger partial charge in [-0.1, -0.05) is 76.6 Å². The number of benzene rings is 3. The van der Waals surface area contributed by atoms with Crippen LogP contribution < -0.4 is 5.32 Å². The predicted octanol–water partition coefficient (Wildman–Crippen LogP) is 6.09. The van der Waals surface area contributed by atoms with Gasteiger partial charge in [0, 0.05) is 16.9 Å². The van der Waals surface area contributed by atoms with Crippen LogP contribution >= 0.6 is 15.9 Å². The van der Waals surface area contributed by atoms with Crippen molar-refractivity contribution in [3.8, 4) is 11.1 Å². The fraction of sp³-hybridized carbons (Fsp3) is 0.154. The number of halogens is 1. The van der Waals surface area contributed by atoms with E-state index in [9.17, 15) is 9.59 Å². The number of amides is 1. The molecule has 0 saturated heterocycles. The molecule has 5 nitrogen and oxygen atoms in total. The van der Waals surface area contributed by atoms with Crippen molar-refractivity contribution in [2.45, 2.75) is 12.3 Å². The van der Waals surface area contributed by atoms with Crippen LogP contribution in [0, 0.1) is 0 Å². The Bertz CT molecular complexity index is 1140. The SMILES string of the molecule is O=C(NCCC=Cc1cc(Br)cc(C(=O)O)c1)OCC1c2ccccc2-c2ccccc21. The second-order valence-corrected chi connectivity index (χ2v) is 8.44. The van der Waals surface area contributed by atoms with Gasteiger partial charge in [0.05, 0.1) is 5.56 Å². The van der Waals surface area contributed by atoms with Crippen molar-refractivity contribution in [1.29, 1.82) is 0 Å². The Labute approximate surface area is 194 Å². The van der Waals surface area contributed by atoms with Crippen LogP contribution in [0.1, 0.15) is 39.4 Å². The maximum atomic E-state index is 12.2. The minimum absolute atomic E-state index is 0.0352. The summed E-state index contributed by atoms with van der Waals surface area (Å²) in [5, 5.41) is 11.9. The number of ether oxygens (including phenoxy) is 1. The summed E-state index contributed by atoms with van der Waals surface area (Å²) in [5.41, 5.74) is 5.74. The molecule has 0 aliphatic heterocycles. The topological polar surface area (TPSA) is 75.6 Å². The Morgan fingerprint density at radius 1 is 1.00 bits per heavy atom. The van der Waals surface area contributed by atoms with Crippen molar-refractivity contribution in [2.24, 2.45) is 0 Å². The van der Waals surface area contributed by atoms with Crippen LogP contribution in [0.15, 0.2) is 77.3 Å². The summed E-state index contributed by atoms with van der Waals surface area (Å²) in [6, 6.07) is 21.4. The highest BCUT2D eigenvalue weighted by Crippen LogP contribution is 2.44. The Kier molecular flexibility index (Phi) is 6.71. The van der Waals surface area contributed by atoms with Crippen LogP contribution in [0.3, 0.4) is 0 Å². The molecule has 0 heterocycles. The largest absolute Gasteiger partial charge is 0.478 e. The predicted molar refractivity (Wildman–Crippen MR) is 128 cm³/mol. The van der Waals surface area contributed by atoms with Crippen molar-refractivity contribution >= 4 is 34.1 Å². The summed E-state index contributed by atoms with van der Waals surface area (Å²) in [7, 11) is 0. The van der Waals surface area contributed by atoms with Crippen LogP contribution in [-0.2, 0) is 4.74 Å². The van der Waals surface area contributed by atoms with E-state index in [-0.39, 0.29) is 18.1 Å². The van der Waals surface area contributed by atoms with Crippen molar-refractivity contribution in [1.82, 2.24) is 5.32 Å². The van der Waals surface area contributed by atoms with Gasteiger partial charge in [0.15, 0.2) is 0 Å². The van der Waals surface area contributed by atoms with E-state index in [0.29, 0.717) is 17.4 Å². The number of rotatable bonds is 7. The van der Waals surface area contributed by atoms with Crippen molar-refractivity contribution < 1.29 is 19.4 Å². The van der Waals surface area contributed by atoms with Gasteiger partial charge >= 0.3 is 12.1 Å². The first-order chi connectivity index (χ1) is 15.5. The number of nitrogens with one attached hydrogen (secondary N) is 1. The first-order valence-electron chi connectivity index (χ1n) is 10.3. The zero-order valence-corrected chi connectivity index (χ0v) is 18.8. The maximum absolute atomic E-state index is 12.2. The number of carbonyl (C=O) groups is 2. The fourth-order valence-corrected chi connectivity index (χ4v) is 4.47. The Morgan fingerprint density at radius 2 is 1.66 bits per heavy atom. The lowest BCUT2D eigenvalue weighted by Gasteiger charge is -2.14. The van der Waals surface area contributed by atoms with Crippen LogP contribution in [0.4, 0.5) is 4.79 Å². The van der Waals surface area contributed by atoms with Gasteiger partial charge in [-0.3, -0.25) is 0 Å². The molecule has 0 bridgehead atoms. The Hall–Kier alpha value is -3.38. The molecule has 32 heavy (non-hydrogen) atoms. The van der Waals surface area contributed by atoms with Gasteiger partial charge in [0.2, 0.25) is 0 Å². The van der Waals surface area contributed by atoms with Gasteiger partial charge in [-0.05, 0) is 52.4 Å². The zero-order valence-electron chi connectivity index (χ0n) is 17.3. The molecule has 0 fully saturated rings. The monoisotopic (exact) mass is 491 g/mol. The van der Waals surface area contributed by atoms with E-state index in [4.69, 9.17) is 9.84 Å². The lowest BCUT2D eigenvalue weighted by molar-refractivity contribution is 0.0696. The van der Waals surface area contributed by atoms with Gasteiger partial charge in [-0.25, -0.2) is 9.59 Å². The number of carbonyl (C=O) groups excluding carboxylic acids is 1. The van der Waals surface area contributed by atoms with Crippen LogP contribution in [0.5, 0.6) is 0 Å². The molecular formula is C26H22BrNO4. The van der Waals surface area contributed by atoms with E-state index in [1.54, 1.807) is 12.1 Å². The highest BCUT2D eigenvalue weighted by Gasteiger charge is 2.28. The standard InChI is InChI=1S/C26H22BrNO4/c27-19-14-17(13-18(15-19)25(29)30)7-5-6-12-28-26(31)32-16-24-22-10-3-1-8-20(22)21-9-2-4-11-23(21)24/h1-5,7-11,13-15,24H,6,12,16H2,(H,28,31)(H,29,30). The number of carboxylic acid groups (broad SMARTS) is 1. The third-order valence-corrected chi connectivity index (χ3v) is 5.86. The summed E-state index contributed by atoms with van der Waals surface area (Å²) >= 11 is 3.32. The number of hydrogen-bond donors (Lipinski definition) is 2. The molecule has 2 N–H and O–H groups in total. The Morgan fingerprint density at radius 3 is 2.31 bits per heavy atom. The van der Waals surface area contributed by atoms with Gasteiger partial charge < -0.3 is 15.2 Å². The van der Waals surface area contributed by atoms with E-state index in [0.717, 1.165) is 5.56 Å². The molecule has 6 heteroatoms. The van der Waals surface area contributed by atoms with Crippen LogP contribution in [0.2, 0.25) is 0 Å². The molecule has 3 aromatic rings.